The molecule has 3 aromatic carbocycles. The van der Waals surface area contributed by atoms with Crippen molar-refractivity contribution in [2.24, 2.45) is 0 Å². The highest BCUT2D eigenvalue weighted by atomic mass is 79.9. The average Bonchev–Trinajstić information content (AvgIpc) is 3.49. The summed E-state index contributed by atoms with van der Waals surface area (Å²) in [5.74, 6) is 2.71. The molecule has 0 saturated carbocycles. The topological polar surface area (TPSA) is 48.2 Å². The van der Waals surface area contributed by atoms with Crippen LogP contribution >= 0.6 is 0 Å². The first-order valence-electron chi connectivity index (χ1n) is 11.5. The molecule has 0 aliphatic carbocycles. The number of para-hydroxylation sites is 1. The van der Waals surface area contributed by atoms with Crippen LogP contribution in [0.2, 0.25) is 0 Å². The number of fused-ring (bicyclic) bond motifs is 1. The molecule has 0 N–H and O–H groups in total. The summed E-state index contributed by atoms with van der Waals surface area (Å²) in [6, 6.07) is 27.6. The third kappa shape index (κ3) is 4.93. The number of carbonyl (C=O) groups excluding carboxylic acids is 1. The third-order valence-electron chi connectivity index (χ3n) is 6.19. The van der Waals surface area contributed by atoms with Gasteiger partial charge in [0.05, 0.1) is 7.11 Å². The predicted molar refractivity (Wildman–Crippen MR) is 131 cm³/mol. The lowest BCUT2D eigenvalue weighted by atomic mass is 10.0. The Bertz CT molecular complexity index is 1390. The van der Waals surface area contributed by atoms with Crippen molar-refractivity contribution in [1.82, 2.24) is 4.57 Å². The minimum atomic E-state index is -0.138. The van der Waals surface area contributed by atoms with Gasteiger partial charge in [-0.05, 0) is 36.4 Å². The SMILES string of the molecule is CCc1n(C(c2ccccc2)c2cc3ccccc3o2)cc[n+]1CC(=O)c1ccc(OC)cc1.[Br-]. The number of nitrogens with zero attached hydrogens (tertiary/aromatic N) is 2. The molecule has 1 atom stereocenters. The summed E-state index contributed by atoms with van der Waals surface area (Å²) < 4.78 is 15.8. The number of carbonyl (C=O) groups is 1. The van der Waals surface area contributed by atoms with E-state index < -0.39 is 0 Å². The number of benzene rings is 3. The van der Waals surface area contributed by atoms with Crippen LogP contribution in [-0.2, 0) is 13.0 Å². The van der Waals surface area contributed by atoms with Crippen LogP contribution in [-0.4, -0.2) is 17.5 Å². The zero-order chi connectivity index (χ0) is 23.5. The maximum atomic E-state index is 13.0. The number of ether oxygens (including phenoxy) is 1. The normalized spacial score (nSPS) is 11.7. The molecular formula is C29H27BrN2O3. The van der Waals surface area contributed by atoms with Gasteiger partial charge < -0.3 is 26.1 Å². The average molecular weight is 531 g/mol. The van der Waals surface area contributed by atoms with Gasteiger partial charge in [0.2, 0.25) is 5.78 Å². The zero-order valence-electron chi connectivity index (χ0n) is 19.7. The van der Waals surface area contributed by atoms with E-state index in [-0.39, 0.29) is 35.4 Å². The summed E-state index contributed by atoms with van der Waals surface area (Å²) in [6.45, 7) is 2.38. The van der Waals surface area contributed by atoms with Gasteiger partial charge in [-0.2, -0.15) is 0 Å². The molecule has 0 fully saturated rings. The second-order valence-electron chi connectivity index (χ2n) is 8.25. The van der Waals surface area contributed by atoms with Gasteiger partial charge in [0, 0.05) is 22.9 Å². The fourth-order valence-corrected chi connectivity index (χ4v) is 4.49. The van der Waals surface area contributed by atoms with Crippen molar-refractivity contribution < 1.29 is 35.5 Å². The molecule has 2 aromatic heterocycles. The van der Waals surface area contributed by atoms with Gasteiger partial charge in [0.25, 0.3) is 5.82 Å². The standard InChI is InChI=1S/C29H27N2O3.BrH/c1-3-28-30(20-25(32)21-13-15-24(33-2)16-14-21)17-18-31(28)29(22-9-5-4-6-10-22)27-19-23-11-7-8-12-26(23)34-27;/h4-19,29H,3,20H2,1-2H3;1H/q+1;/p-1. The number of imidazole rings is 1. The van der Waals surface area contributed by atoms with Gasteiger partial charge in [-0.25, -0.2) is 9.13 Å². The Labute approximate surface area is 215 Å². The number of ketones is 1. The predicted octanol–water partition coefficient (Wildman–Crippen LogP) is 2.62. The van der Waals surface area contributed by atoms with Crippen molar-refractivity contribution in [3.8, 4) is 5.75 Å². The van der Waals surface area contributed by atoms with Gasteiger partial charge in [0.15, 0.2) is 18.3 Å². The molecule has 178 valence electrons. The van der Waals surface area contributed by atoms with Gasteiger partial charge in [0.1, 0.15) is 23.7 Å². The molecule has 0 spiro atoms. The largest absolute Gasteiger partial charge is 1.00 e. The summed E-state index contributed by atoms with van der Waals surface area (Å²) in [5, 5.41) is 1.08. The highest BCUT2D eigenvalue weighted by Gasteiger charge is 2.30. The number of hydrogen-bond donors (Lipinski definition) is 0. The summed E-state index contributed by atoms with van der Waals surface area (Å²) >= 11 is 0. The van der Waals surface area contributed by atoms with Crippen molar-refractivity contribution in [3.05, 3.63) is 120 Å². The summed E-state index contributed by atoms with van der Waals surface area (Å²) in [5.41, 5.74) is 2.66. The van der Waals surface area contributed by atoms with Crippen LogP contribution in [0.5, 0.6) is 5.75 Å². The van der Waals surface area contributed by atoms with E-state index in [1.54, 1.807) is 7.11 Å². The van der Waals surface area contributed by atoms with Gasteiger partial charge in [-0.1, -0.05) is 55.5 Å². The number of aromatic nitrogens is 2. The highest BCUT2D eigenvalue weighted by molar-refractivity contribution is 5.95. The Morgan fingerprint density at radius 3 is 2.40 bits per heavy atom. The fourth-order valence-electron chi connectivity index (χ4n) is 4.49. The molecule has 0 amide bonds. The molecule has 0 bridgehead atoms. The molecule has 2 heterocycles. The van der Waals surface area contributed by atoms with E-state index in [1.807, 2.05) is 77.6 Å². The quantitative estimate of drug-likeness (QED) is 0.229. The second-order valence-corrected chi connectivity index (χ2v) is 8.25. The molecule has 0 aliphatic rings. The number of halogens is 1. The first-order valence-corrected chi connectivity index (χ1v) is 11.5. The molecule has 6 heteroatoms. The number of furan rings is 1. The van der Waals surface area contributed by atoms with Crippen LogP contribution < -0.4 is 26.3 Å². The van der Waals surface area contributed by atoms with Crippen LogP contribution in [0.4, 0.5) is 0 Å². The molecular weight excluding hydrogens is 504 g/mol. The van der Waals surface area contributed by atoms with Crippen molar-refractivity contribution in [1.29, 1.82) is 0 Å². The monoisotopic (exact) mass is 530 g/mol. The lowest BCUT2D eigenvalue weighted by molar-refractivity contribution is -0.690. The Hall–Kier alpha value is -3.64. The van der Waals surface area contributed by atoms with Crippen LogP contribution in [0, 0.1) is 0 Å². The molecule has 5 rings (SSSR count). The highest BCUT2D eigenvalue weighted by Crippen LogP contribution is 2.32. The zero-order valence-corrected chi connectivity index (χ0v) is 21.3. The van der Waals surface area contributed by atoms with Gasteiger partial charge in [-0.15, -0.1) is 0 Å². The lowest BCUT2D eigenvalue weighted by Crippen LogP contribution is -3.00. The first kappa shape index (κ1) is 24.5. The minimum Gasteiger partial charge on any atom is -1.00 e. The molecule has 0 radical (unpaired) electrons. The Kier molecular flexibility index (Phi) is 7.51. The van der Waals surface area contributed by atoms with E-state index in [2.05, 4.69) is 35.8 Å². The lowest BCUT2D eigenvalue weighted by Gasteiger charge is -2.14. The van der Waals surface area contributed by atoms with E-state index >= 15 is 0 Å². The second kappa shape index (κ2) is 10.7. The van der Waals surface area contributed by atoms with Gasteiger partial charge >= 0.3 is 0 Å². The van der Waals surface area contributed by atoms with E-state index in [9.17, 15) is 4.79 Å². The molecule has 0 aliphatic heterocycles. The van der Waals surface area contributed by atoms with E-state index in [0.717, 1.165) is 40.3 Å². The minimum absolute atomic E-state index is 0. The summed E-state index contributed by atoms with van der Waals surface area (Å²) in [7, 11) is 1.62. The van der Waals surface area contributed by atoms with Crippen molar-refractivity contribution in [2.45, 2.75) is 25.9 Å². The molecule has 1 unspecified atom stereocenters. The smallest absolute Gasteiger partial charge is 0.257 e. The van der Waals surface area contributed by atoms with Crippen molar-refractivity contribution in [2.75, 3.05) is 7.11 Å². The van der Waals surface area contributed by atoms with Crippen LogP contribution in [0.1, 0.15) is 40.5 Å². The molecule has 5 nitrogen and oxygen atoms in total. The third-order valence-corrected chi connectivity index (χ3v) is 6.19. The summed E-state index contributed by atoms with van der Waals surface area (Å²) in [6.07, 6.45) is 4.80. The Morgan fingerprint density at radius 2 is 1.71 bits per heavy atom. The van der Waals surface area contributed by atoms with E-state index in [4.69, 9.17) is 9.15 Å². The maximum absolute atomic E-state index is 13.0. The Morgan fingerprint density at radius 1 is 1.00 bits per heavy atom. The molecule has 35 heavy (non-hydrogen) atoms. The fraction of sp³-hybridized carbons (Fsp3) is 0.172. The maximum Gasteiger partial charge on any atom is 0.257 e. The van der Waals surface area contributed by atoms with Crippen molar-refractivity contribution in [3.63, 3.8) is 0 Å². The number of hydrogen-bond acceptors (Lipinski definition) is 3. The molecule has 0 saturated heterocycles. The van der Waals surface area contributed by atoms with E-state index in [1.165, 1.54) is 0 Å². The van der Waals surface area contributed by atoms with Crippen LogP contribution in [0.15, 0.2) is 102 Å². The first-order chi connectivity index (χ1) is 16.7. The number of methoxy groups -OCH3 is 1. The Balaban J connectivity index is 0.00000289. The van der Waals surface area contributed by atoms with Crippen LogP contribution in [0.3, 0.4) is 0 Å². The van der Waals surface area contributed by atoms with Gasteiger partial charge in [-0.3, -0.25) is 4.79 Å². The van der Waals surface area contributed by atoms with Crippen molar-refractivity contribution >= 4 is 16.8 Å². The summed E-state index contributed by atoms with van der Waals surface area (Å²) in [4.78, 5) is 13.0. The number of rotatable bonds is 8. The number of Topliss-reactive ketones (excluding diaryl/α,β-unsaturated/α-hetero) is 1. The van der Waals surface area contributed by atoms with E-state index in [0.29, 0.717) is 5.56 Å². The molecule has 5 aromatic rings. The van der Waals surface area contributed by atoms with Crippen LogP contribution in [0.25, 0.3) is 11.0 Å².